The van der Waals surface area contributed by atoms with Crippen molar-refractivity contribution in [1.29, 1.82) is 0 Å². The number of carboxylic acid groups (broad SMARTS) is 1. The van der Waals surface area contributed by atoms with Gasteiger partial charge in [-0.15, -0.1) is 0 Å². The Hall–Kier alpha value is -1.82. The molecule has 0 bridgehead atoms. The minimum absolute atomic E-state index is 0.338. The fourth-order valence-electron chi connectivity index (χ4n) is 2.66. The minimum atomic E-state index is -1.10. The lowest BCUT2D eigenvalue weighted by atomic mass is 9.97. The summed E-state index contributed by atoms with van der Waals surface area (Å²) in [6, 6.07) is 3.46. The van der Waals surface area contributed by atoms with Crippen molar-refractivity contribution in [1.82, 2.24) is 9.88 Å². The van der Waals surface area contributed by atoms with Crippen molar-refractivity contribution in [3.8, 4) is 0 Å². The molecule has 0 saturated heterocycles. The number of hydrogen-bond donors (Lipinski definition) is 2. The van der Waals surface area contributed by atoms with Gasteiger partial charge < -0.3 is 19.7 Å². The molecule has 20 heavy (non-hydrogen) atoms. The van der Waals surface area contributed by atoms with Gasteiger partial charge in [0.25, 0.3) is 5.91 Å². The zero-order valence-electron chi connectivity index (χ0n) is 11.6. The number of hydrogen-bond acceptors (Lipinski definition) is 3. The monoisotopic (exact) mass is 280 g/mol. The summed E-state index contributed by atoms with van der Waals surface area (Å²) in [6.45, 7) is 1.06. The third-order valence-corrected chi connectivity index (χ3v) is 3.82. The molecule has 1 aromatic heterocycles. The van der Waals surface area contributed by atoms with Crippen LogP contribution in [-0.2, 0) is 16.1 Å². The first-order valence-corrected chi connectivity index (χ1v) is 6.79. The number of carboxylic acids is 1. The molecule has 1 aliphatic carbocycles. The first-order chi connectivity index (χ1) is 9.59. The summed E-state index contributed by atoms with van der Waals surface area (Å²) in [5.41, 5.74) is -0.637. The number of ether oxygens (including phenoxy) is 1. The quantitative estimate of drug-likeness (QED) is 0.822. The molecule has 1 saturated carbocycles. The average molecular weight is 280 g/mol. The minimum Gasteiger partial charge on any atom is -0.480 e. The maximum Gasteiger partial charge on any atom is 0.329 e. The van der Waals surface area contributed by atoms with E-state index in [0.717, 1.165) is 12.8 Å². The molecular formula is C14H20N2O4. The number of nitrogens with one attached hydrogen (secondary N) is 1. The van der Waals surface area contributed by atoms with Crippen LogP contribution in [0.4, 0.5) is 0 Å². The van der Waals surface area contributed by atoms with Gasteiger partial charge in [-0.05, 0) is 25.0 Å². The van der Waals surface area contributed by atoms with Gasteiger partial charge in [0.15, 0.2) is 0 Å². The van der Waals surface area contributed by atoms with Gasteiger partial charge in [0, 0.05) is 19.9 Å². The first kappa shape index (κ1) is 14.6. The van der Waals surface area contributed by atoms with E-state index in [1.54, 1.807) is 30.0 Å². The summed E-state index contributed by atoms with van der Waals surface area (Å²) >= 11 is 0. The van der Waals surface area contributed by atoms with Crippen molar-refractivity contribution < 1.29 is 19.4 Å². The number of amides is 1. The van der Waals surface area contributed by atoms with E-state index in [2.05, 4.69) is 5.32 Å². The number of methoxy groups -OCH3 is 1. The Morgan fingerprint density at radius 1 is 1.45 bits per heavy atom. The van der Waals surface area contributed by atoms with E-state index in [0.29, 0.717) is 31.7 Å². The molecular weight excluding hydrogens is 260 g/mol. The van der Waals surface area contributed by atoms with Crippen LogP contribution in [0.1, 0.15) is 36.2 Å². The molecule has 0 atom stereocenters. The van der Waals surface area contributed by atoms with E-state index in [1.807, 2.05) is 0 Å². The first-order valence-electron chi connectivity index (χ1n) is 6.79. The lowest BCUT2D eigenvalue weighted by molar-refractivity contribution is -0.144. The highest BCUT2D eigenvalue weighted by Gasteiger charge is 2.42. The largest absolute Gasteiger partial charge is 0.480 e. The van der Waals surface area contributed by atoms with Crippen LogP contribution >= 0.6 is 0 Å². The second-order valence-electron chi connectivity index (χ2n) is 5.13. The van der Waals surface area contributed by atoms with E-state index >= 15 is 0 Å². The Kier molecular flexibility index (Phi) is 4.44. The Bertz CT molecular complexity index is 489. The highest BCUT2D eigenvalue weighted by atomic mass is 16.5. The number of carbonyl (C=O) groups is 2. The Morgan fingerprint density at radius 2 is 2.15 bits per heavy atom. The van der Waals surface area contributed by atoms with Crippen molar-refractivity contribution in [2.75, 3.05) is 13.7 Å². The van der Waals surface area contributed by atoms with Gasteiger partial charge in [-0.3, -0.25) is 4.79 Å². The zero-order chi connectivity index (χ0) is 14.6. The number of nitrogens with zero attached hydrogens (tertiary/aromatic N) is 1. The average Bonchev–Trinajstić information content (AvgIpc) is 3.05. The predicted octanol–water partition coefficient (Wildman–Crippen LogP) is 1.26. The fraction of sp³-hybridized carbons (Fsp3) is 0.571. The van der Waals surface area contributed by atoms with Gasteiger partial charge in [-0.1, -0.05) is 12.8 Å². The summed E-state index contributed by atoms with van der Waals surface area (Å²) in [4.78, 5) is 23.8. The van der Waals surface area contributed by atoms with Crippen molar-refractivity contribution >= 4 is 11.9 Å². The van der Waals surface area contributed by atoms with Crippen LogP contribution in [0.2, 0.25) is 0 Å². The molecule has 6 nitrogen and oxygen atoms in total. The Labute approximate surface area is 117 Å². The summed E-state index contributed by atoms with van der Waals surface area (Å²) in [5, 5.41) is 12.1. The van der Waals surface area contributed by atoms with Gasteiger partial charge in [0.1, 0.15) is 11.2 Å². The second kappa shape index (κ2) is 6.09. The van der Waals surface area contributed by atoms with Gasteiger partial charge in [0.2, 0.25) is 0 Å². The molecule has 6 heteroatoms. The van der Waals surface area contributed by atoms with E-state index in [4.69, 9.17) is 4.74 Å². The van der Waals surface area contributed by atoms with Crippen LogP contribution in [0.15, 0.2) is 18.3 Å². The summed E-state index contributed by atoms with van der Waals surface area (Å²) in [6.07, 6.45) is 4.43. The maximum atomic E-state index is 12.3. The van der Waals surface area contributed by atoms with Crippen LogP contribution in [0.3, 0.4) is 0 Å². The van der Waals surface area contributed by atoms with Gasteiger partial charge in [-0.2, -0.15) is 0 Å². The molecule has 0 aliphatic heterocycles. The smallest absolute Gasteiger partial charge is 0.329 e. The van der Waals surface area contributed by atoms with Crippen molar-refractivity contribution in [2.45, 2.75) is 37.8 Å². The van der Waals surface area contributed by atoms with Gasteiger partial charge in [-0.25, -0.2) is 4.79 Å². The highest BCUT2D eigenvalue weighted by molar-refractivity contribution is 5.96. The van der Waals surface area contributed by atoms with Crippen LogP contribution in [0, 0.1) is 0 Å². The lowest BCUT2D eigenvalue weighted by Crippen LogP contribution is -2.52. The Balaban J connectivity index is 2.11. The maximum absolute atomic E-state index is 12.3. The normalized spacial score (nSPS) is 17.1. The SMILES string of the molecule is COCCn1cccc1C(=O)NC1(C(=O)O)CCCC1. The molecule has 1 heterocycles. The third-order valence-electron chi connectivity index (χ3n) is 3.82. The number of carbonyl (C=O) groups excluding carboxylic acids is 1. The lowest BCUT2D eigenvalue weighted by Gasteiger charge is -2.25. The molecule has 1 amide bonds. The topological polar surface area (TPSA) is 80.6 Å². The van der Waals surface area contributed by atoms with Crippen molar-refractivity contribution in [2.24, 2.45) is 0 Å². The summed E-state index contributed by atoms with van der Waals surface area (Å²) in [7, 11) is 1.60. The van der Waals surface area contributed by atoms with Gasteiger partial charge in [0.05, 0.1) is 6.61 Å². The molecule has 1 aliphatic rings. The molecule has 2 N–H and O–H groups in total. The molecule has 1 fully saturated rings. The fourth-order valence-corrected chi connectivity index (χ4v) is 2.66. The van der Waals surface area contributed by atoms with E-state index in [1.165, 1.54) is 0 Å². The highest BCUT2D eigenvalue weighted by Crippen LogP contribution is 2.30. The van der Waals surface area contributed by atoms with E-state index in [9.17, 15) is 14.7 Å². The standard InChI is InChI=1S/C14H20N2O4/c1-20-10-9-16-8-4-5-11(16)12(17)15-14(13(18)19)6-2-3-7-14/h4-5,8H,2-3,6-7,9-10H2,1H3,(H,15,17)(H,18,19). The third kappa shape index (κ3) is 2.85. The van der Waals surface area contributed by atoms with Crippen LogP contribution in [0.5, 0.6) is 0 Å². The molecule has 110 valence electrons. The molecule has 0 radical (unpaired) electrons. The number of aliphatic carboxylic acids is 1. The molecule has 0 spiro atoms. The second-order valence-corrected chi connectivity index (χ2v) is 5.13. The number of rotatable bonds is 6. The van der Waals surface area contributed by atoms with E-state index in [-0.39, 0.29) is 5.91 Å². The van der Waals surface area contributed by atoms with Crippen molar-refractivity contribution in [3.63, 3.8) is 0 Å². The predicted molar refractivity (Wildman–Crippen MR) is 72.6 cm³/mol. The molecule has 2 rings (SSSR count). The molecule has 1 aromatic rings. The number of aromatic nitrogens is 1. The Morgan fingerprint density at radius 3 is 2.75 bits per heavy atom. The zero-order valence-corrected chi connectivity index (χ0v) is 11.6. The summed E-state index contributed by atoms with van der Waals surface area (Å²) < 4.78 is 6.76. The van der Waals surface area contributed by atoms with Crippen LogP contribution in [-0.4, -0.2) is 40.8 Å². The van der Waals surface area contributed by atoms with Crippen molar-refractivity contribution in [3.05, 3.63) is 24.0 Å². The molecule has 0 unspecified atom stereocenters. The van der Waals surface area contributed by atoms with E-state index < -0.39 is 11.5 Å². The van der Waals surface area contributed by atoms with Crippen LogP contribution in [0.25, 0.3) is 0 Å². The molecule has 0 aromatic carbocycles. The van der Waals surface area contributed by atoms with Crippen LogP contribution < -0.4 is 5.32 Å². The summed E-state index contributed by atoms with van der Waals surface area (Å²) in [5.74, 6) is -1.28. The van der Waals surface area contributed by atoms with Gasteiger partial charge >= 0.3 is 5.97 Å².